The van der Waals surface area contributed by atoms with Crippen LogP contribution in [0.15, 0.2) is 18.2 Å². The van der Waals surface area contributed by atoms with Crippen LogP contribution >= 0.6 is 0 Å². The van der Waals surface area contributed by atoms with Gasteiger partial charge in [-0.1, -0.05) is 6.07 Å². The van der Waals surface area contributed by atoms with Crippen molar-refractivity contribution in [2.45, 2.75) is 18.9 Å². The quantitative estimate of drug-likeness (QED) is 0.840. The molecule has 2 rings (SSSR count). The van der Waals surface area contributed by atoms with Crippen LogP contribution in [0, 0.1) is 0 Å². The minimum Gasteiger partial charge on any atom is -0.497 e. The van der Waals surface area contributed by atoms with Gasteiger partial charge in [0, 0.05) is 12.6 Å². The first-order valence-electron chi connectivity index (χ1n) is 5.83. The maximum Gasteiger partial charge on any atom is 0.119 e. The molecule has 2 N–H and O–H groups in total. The van der Waals surface area contributed by atoms with Gasteiger partial charge in [-0.25, -0.2) is 0 Å². The van der Waals surface area contributed by atoms with E-state index in [1.807, 2.05) is 6.07 Å². The number of nitrogens with zero attached hydrogens (tertiary/aromatic N) is 1. The molecule has 3 nitrogen and oxygen atoms in total. The van der Waals surface area contributed by atoms with Gasteiger partial charge in [0.15, 0.2) is 0 Å². The first-order chi connectivity index (χ1) is 7.76. The van der Waals surface area contributed by atoms with Crippen LogP contribution in [0.4, 0.5) is 0 Å². The number of methoxy groups -OCH3 is 1. The van der Waals surface area contributed by atoms with E-state index in [1.54, 1.807) is 7.11 Å². The monoisotopic (exact) mass is 220 g/mol. The highest BCUT2D eigenvalue weighted by Crippen LogP contribution is 2.33. The van der Waals surface area contributed by atoms with Gasteiger partial charge in [0.25, 0.3) is 0 Å². The minimum absolute atomic E-state index is 0.448. The number of fused-ring (bicyclic) bond motifs is 1. The van der Waals surface area contributed by atoms with E-state index in [-0.39, 0.29) is 0 Å². The molecule has 1 heterocycles. The summed E-state index contributed by atoms with van der Waals surface area (Å²) in [6.07, 6.45) is 2.13. The zero-order valence-corrected chi connectivity index (χ0v) is 10.1. The SMILES string of the molecule is COc1ccc2c(c1)C(CCN)N(C)CC2. The zero-order valence-electron chi connectivity index (χ0n) is 10.1. The smallest absolute Gasteiger partial charge is 0.119 e. The van der Waals surface area contributed by atoms with Gasteiger partial charge < -0.3 is 10.5 Å². The van der Waals surface area contributed by atoms with Gasteiger partial charge in [0.05, 0.1) is 7.11 Å². The molecular formula is C13H20N2O. The molecule has 3 heteroatoms. The molecule has 1 aliphatic heterocycles. The molecule has 88 valence electrons. The van der Waals surface area contributed by atoms with Crippen LogP contribution in [-0.2, 0) is 6.42 Å². The summed E-state index contributed by atoms with van der Waals surface area (Å²) in [5.74, 6) is 0.941. The molecule has 0 saturated carbocycles. The molecule has 0 fully saturated rings. The Balaban J connectivity index is 2.35. The van der Waals surface area contributed by atoms with E-state index < -0.39 is 0 Å². The number of nitrogens with two attached hydrogens (primary N) is 1. The molecule has 1 atom stereocenters. The van der Waals surface area contributed by atoms with Gasteiger partial charge in [-0.15, -0.1) is 0 Å². The summed E-state index contributed by atoms with van der Waals surface area (Å²) in [5, 5.41) is 0. The lowest BCUT2D eigenvalue weighted by molar-refractivity contribution is 0.221. The summed E-state index contributed by atoms with van der Waals surface area (Å²) in [5.41, 5.74) is 8.52. The highest BCUT2D eigenvalue weighted by molar-refractivity contribution is 5.39. The Bertz CT molecular complexity index is 365. The number of rotatable bonds is 3. The number of hydrogen-bond acceptors (Lipinski definition) is 3. The lowest BCUT2D eigenvalue weighted by atomic mass is 9.91. The molecule has 1 unspecified atom stereocenters. The molecule has 0 bridgehead atoms. The van der Waals surface area contributed by atoms with E-state index in [0.29, 0.717) is 6.04 Å². The summed E-state index contributed by atoms with van der Waals surface area (Å²) < 4.78 is 5.29. The van der Waals surface area contributed by atoms with Crippen LogP contribution in [0.3, 0.4) is 0 Å². The van der Waals surface area contributed by atoms with Gasteiger partial charge >= 0.3 is 0 Å². The average Bonchev–Trinajstić information content (AvgIpc) is 2.32. The molecule has 0 amide bonds. The molecule has 1 aliphatic rings. The number of hydrogen-bond donors (Lipinski definition) is 1. The van der Waals surface area contributed by atoms with Gasteiger partial charge in [-0.05, 0) is 49.7 Å². The van der Waals surface area contributed by atoms with Crippen LogP contribution < -0.4 is 10.5 Å². The Labute approximate surface area is 97.2 Å². The predicted octanol–water partition coefficient (Wildman–Crippen LogP) is 1.57. The Hall–Kier alpha value is -1.06. The fourth-order valence-electron chi connectivity index (χ4n) is 2.46. The van der Waals surface area contributed by atoms with E-state index in [4.69, 9.17) is 10.5 Å². The summed E-state index contributed by atoms with van der Waals surface area (Å²) in [6.45, 7) is 1.84. The van der Waals surface area contributed by atoms with E-state index >= 15 is 0 Å². The van der Waals surface area contributed by atoms with Crippen molar-refractivity contribution in [3.05, 3.63) is 29.3 Å². The molecule has 1 aromatic rings. The number of likely N-dealkylation sites (N-methyl/N-ethyl adjacent to an activating group) is 1. The summed E-state index contributed by atoms with van der Waals surface area (Å²) in [7, 11) is 3.88. The topological polar surface area (TPSA) is 38.5 Å². The molecule has 1 aromatic carbocycles. The van der Waals surface area contributed by atoms with Crippen LogP contribution in [0.5, 0.6) is 5.75 Å². The molecule has 0 spiro atoms. The summed E-state index contributed by atoms with van der Waals surface area (Å²) >= 11 is 0. The second kappa shape index (κ2) is 4.85. The van der Waals surface area contributed by atoms with Crippen LogP contribution in [0.25, 0.3) is 0 Å². The van der Waals surface area contributed by atoms with Crippen molar-refractivity contribution in [1.29, 1.82) is 0 Å². The number of benzene rings is 1. The Morgan fingerprint density at radius 2 is 2.31 bits per heavy atom. The first kappa shape index (κ1) is 11.4. The molecule has 0 aromatic heterocycles. The molecule has 0 saturated heterocycles. The lowest BCUT2D eigenvalue weighted by Crippen LogP contribution is -2.33. The highest BCUT2D eigenvalue weighted by Gasteiger charge is 2.24. The Kier molecular flexibility index (Phi) is 3.46. The van der Waals surface area contributed by atoms with Crippen molar-refractivity contribution in [1.82, 2.24) is 4.90 Å². The highest BCUT2D eigenvalue weighted by atomic mass is 16.5. The third-order valence-electron chi connectivity index (χ3n) is 3.42. The van der Waals surface area contributed by atoms with Crippen molar-refractivity contribution in [2.75, 3.05) is 27.2 Å². The largest absolute Gasteiger partial charge is 0.497 e. The van der Waals surface area contributed by atoms with E-state index in [2.05, 4.69) is 24.1 Å². The Morgan fingerprint density at radius 1 is 1.50 bits per heavy atom. The maximum atomic E-state index is 5.69. The van der Waals surface area contributed by atoms with Crippen LogP contribution in [0.2, 0.25) is 0 Å². The lowest BCUT2D eigenvalue weighted by Gasteiger charge is -2.34. The molecule has 0 radical (unpaired) electrons. The minimum atomic E-state index is 0.448. The standard InChI is InChI=1S/C13H20N2O/c1-15-8-6-10-3-4-11(16-2)9-12(10)13(15)5-7-14/h3-4,9,13H,5-8,14H2,1-2H3. The normalized spacial score (nSPS) is 20.6. The fraction of sp³-hybridized carbons (Fsp3) is 0.538. The van der Waals surface area contributed by atoms with Crippen molar-refractivity contribution in [3.8, 4) is 5.75 Å². The second-order valence-corrected chi connectivity index (χ2v) is 4.39. The first-order valence-corrected chi connectivity index (χ1v) is 5.83. The second-order valence-electron chi connectivity index (χ2n) is 4.39. The van der Waals surface area contributed by atoms with Gasteiger partial charge in [0.2, 0.25) is 0 Å². The van der Waals surface area contributed by atoms with Gasteiger partial charge in [-0.3, -0.25) is 4.90 Å². The average molecular weight is 220 g/mol. The van der Waals surface area contributed by atoms with Crippen molar-refractivity contribution >= 4 is 0 Å². The predicted molar refractivity (Wildman–Crippen MR) is 65.7 cm³/mol. The molecule has 0 aliphatic carbocycles. The van der Waals surface area contributed by atoms with Crippen LogP contribution in [-0.4, -0.2) is 32.1 Å². The molecule has 16 heavy (non-hydrogen) atoms. The third kappa shape index (κ3) is 2.06. The number of ether oxygens (including phenoxy) is 1. The van der Waals surface area contributed by atoms with Crippen molar-refractivity contribution < 1.29 is 4.74 Å². The van der Waals surface area contributed by atoms with Crippen molar-refractivity contribution in [3.63, 3.8) is 0 Å². The van der Waals surface area contributed by atoms with Gasteiger partial charge in [-0.2, -0.15) is 0 Å². The Morgan fingerprint density at radius 3 is 3.00 bits per heavy atom. The van der Waals surface area contributed by atoms with Crippen LogP contribution in [0.1, 0.15) is 23.6 Å². The van der Waals surface area contributed by atoms with E-state index in [9.17, 15) is 0 Å². The van der Waals surface area contributed by atoms with Crippen molar-refractivity contribution in [2.24, 2.45) is 5.73 Å². The third-order valence-corrected chi connectivity index (χ3v) is 3.42. The van der Waals surface area contributed by atoms with Gasteiger partial charge in [0.1, 0.15) is 5.75 Å². The fourth-order valence-corrected chi connectivity index (χ4v) is 2.46. The molecular weight excluding hydrogens is 200 g/mol. The maximum absolute atomic E-state index is 5.69. The summed E-state index contributed by atoms with van der Waals surface area (Å²) in [6, 6.07) is 6.84. The van der Waals surface area contributed by atoms with E-state index in [0.717, 1.165) is 31.7 Å². The van der Waals surface area contributed by atoms with E-state index in [1.165, 1.54) is 11.1 Å². The summed E-state index contributed by atoms with van der Waals surface area (Å²) in [4.78, 5) is 2.38. The zero-order chi connectivity index (χ0) is 11.5.